The lowest BCUT2D eigenvalue weighted by Gasteiger charge is -2.16. The van der Waals surface area contributed by atoms with Crippen LogP contribution < -0.4 is 22.6 Å². The molecule has 0 spiro atoms. The van der Waals surface area contributed by atoms with Crippen LogP contribution in [0, 0.1) is 6.92 Å². The average molecular weight is 416 g/mol. The number of nitrogens with zero attached hydrogens (tertiary/aromatic N) is 2. The minimum atomic E-state index is -0.0949. The number of anilines is 1. The Morgan fingerprint density at radius 2 is 1.97 bits per heavy atom. The minimum absolute atomic E-state index is 0.0949. The lowest BCUT2D eigenvalue weighted by atomic mass is 10.1. The highest BCUT2D eigenvalue weighted by molar-refractivity contribution is 5.95. The SMILES string of the molecule is CC.Cc1ccccc1C(=O)NCCN(N)/C=C(\N)CCCCCc1cnc(N)[nH]1. The molecule has 0 fully saturated rings. The van der Waals surface area contributed by atoms with Gasteiger partial charge in [-0.1, -0.05) is 38.5 Å². The van der Waals surface area contributed by atoms with E-state index in [1.54, 1.807) is 12.4 Å². The first kappa shape index (κ1) is 25.0. The van der Waals surface area contributed by atoms with Gasteiger partial charge in [0.1, 0.15) is 0 Å². The summed E-state index contributed by atoms with van der Waals surface area (Å²) in [4.78, 5) is 19.2. The second kappa shape index (κ2) is 14.1. The number of allylic oxidation sites excluding steroid dienone is 1. The number of rotatable bonds is 11. The van der Waals surface area contributed by atoms with Gasteiger partial charge in [0.25, 0.3) is 5.91 Å². The molecule has 8 nitrogen and oxygen atoms in total. The molecule has 0 bridgehead atoms. The zero-order valence-corrected chi connectivity index (χ0v) is 18.4. The van der Waals surface area contributed by atoms with Gasteiger partial charge in [0.05, 0.1) is 12.7 Å². The summed E-state index contributed by atoms with van der Waals surface area (Å²) >= 11 is 0. The number of unbranched alkanes of at least 4 members (excludes halogenated alkanes) is 2. The van der Waals surface area contributed by atoms with Crippen molar-refractivity contribution in [3.05, 3.63) is 59.2 Å². The fourth-order valence-electron chi connectivity index (χ4n) is 2.89. The van der Waals surface area contributed by atoms with Crippen molar-refractivity contribution in [2.24, 2.45) is 11.6 Å². The van der Waals surface area contributed by atoms with E-state index in [0.29, 0.717) is 24.6 Å². The molecule has 0 saturated heterocycles. The van der Waals surface area contributed by atoms with Gasteiger partial charge < -0.3 is 26.8 Å². The number of carbonyl (C=O) groups is 1. The van der Waals surface area contributed by atoms with Crippen LogP contribution in [0.4, 0.5) is 5.95 Å². The van der Waals surface area contributed by atoms with Crippen LogP contribution in [0.5, 0.6) is 0 Å². The van der Waals surface area contributed by atoms with Gasteiger partial charge in [-0.25, -0.2) is 10.8 Å². The summed E-state index contributed by atoms with van der Waals surface area (Å²) in [5.41, 5.74) is 15.0. The molecule has 0 atom stereocenters. The maximum Gasteiger partial charge on any atom is 0.251 e. The first-order valence-electron chi connectivity index (χ1n) is 10.6. The summed E-state index contributed by atoms with van der Waals surface area (Å²) in [5, 5.41) is 4.39. The highest BCUT2D eigenvalue weighted by Gasteiger charge is 2.07. The van der Waals surface area contributed by atoms with Gasteiger partial charge in [0.2, 0.25) is 0 Å². The lowest BCUT2D eigenvalue weighted by molar-refractivity contribution is 0.0950. The van der Waals surface area contributed by atoms with E-state index >= 15 is 0 Å². The highest BCUT2D eigenvalue weighted by Crippen LogP contribution is 2.09. The van der Waals surface area contributed by atoms with Crippen molar-refractivity contribution in [2.75, 3.05) is 18.8 Å². The number of hydrogen-bond donors (Lipinski definition) is 5. The molecule has 0 radical (unpaired) electrons. The summed E-state index contributed by atoms with van der Waals surface area (Å²) in [5.74, 6) is 6.30. The molecule has 0 unspecified atom stereocenters. The topological polar surface area (TPSA) is 139 Å². The molecule has 0 aliphatic carbocycles. The van der Waals surface area contributed by atoms with Crippen molar-refractivity contribution in [1.29, 1.82) is 0 Å². The third-order valence-electron chi connectivity index (χ3n) is 4.44. The molecule has 2 rings (SSSR count). The van der Waals surface area contributed by atoms with Gasteiger partial charge in [-0.2, -0.15) is 0 Å². The van der Waals surface area contributed by atoms with Gasteiger partial charge in [-0.3, -0.25) is 4.79 Å². The van der Waals surface area contributed by atoms with E-state index in [-0.39, 0.29) is 5.91 Å². The number of aryl methyl sites for hydroxylation is 2. The number of nitrogen functional groups attached to an aromatic ring is 1. The van der Waals surface area contributed by atoms with Crippen LogP contribution in [-0.2, 0) is 6.42 Å². The second-order valence-corrected chi connectivity index (χ2v) is 6.87. The Kier molecular flexibility index (Phi) is 11.7. The standard InChI is InChI=1S/C20H31N7O.C2H6/c1-15-7-5-6-10-18(15)19(28)24-11-12-27(23)14-16(21)8-3-2-4-9-17-13-25-20(22)26-17;1-2/h5-7,10,13-14H,2-4,8-9,11-12,21,23H2,1H3,(H,24,28)(H3,22,25,26);1-2H3/b16-14-;. The number of aromatic amines is 1. The number of aromatic nitrogens is 2. The number of amides is 1. The van der Waals surface area contributed by atoms with Crippen LogP contribution in [0.2, 0.25) is 0 Å². The normalized spacial score (nSPS) is 10.9. The fourth-order valence-corrected chi connectivity index (χ4v) is 2.89. The van der Waals surface area contributed by atoms with E-state index in [2.05, 4.69) is 15.3 Å². The third kappa shape index (κ3) is 9.47. The van der Waals surface area contributed by atoms with E-state index < -0.39 is 0 Å². The van der Waals surface area contributed by atoms with Gasteiger partial charge in [0.15, 0.2) is 5.95 Å². The number of imidazole rings is 1. The van der Waals surface area contributed by atoms with Gasteiger partial charge in [0, 0.05) is 29.7 Å². The quantitative estimate of drug-likeness (QED) is 0.217. The van der Waals surface area contributed by atoms with Crippen LogP contribution in [0.3, 0.4) is 0 Å². The number of carbonyl (C=O) groups excluding carboxylic acids is 1. The summed E-state index contributed by atoms with van der Waals surface area (Å²) in [7, 11) is 0. The lowest BCUT2D eigenvalue weighted by Crippen LogP contribution is -2.36. The smallest absolute Gasteiger partial charge is 0.251 e. The molecule has 0 aliphatic heterocycles. The molecule has 8 heteroatoms. The summed E-state index contributed by atoms with van der Waals surface area (Å²) in [6, 6.07) is 7.49. The van der Waals surface area contributed by atoms with E-state index in [1.165, 1.54) is 5.01 Å². The second-order valence-electron chi connectivity index (χ2n) is 6.87. The Labute approximate surface area is 179 Å². The van der Waals surface area contributed by atoms with Crippen molar-refractivity contribution in [1.82, 2.24) is 20.3 Å². The molecular formula is C22H37N7O. The van der Waals surface area contributed by atoms with Crippen molar-refractivity contribution < 1.29 is 4.79 Å². The van der Waals surface area contributed by atoms with E-state index in [0.717, 1.165) is 49.1 Å². The molecule has 1 heterocycles. The molecule has 1 amide bonds. The number of nitrogens with one attached hydrogen (secondary N) is 2. The zero-order valence-electron chi connectivity index (χ0n) is 18.4. The predicted molar refractivity (Wildman–Crippen MR) is 123 cm³/mol. The average Bonchev–Trinajstić information content (AvgIpc) is 3.14. The first-order chi connectivity index (χ1) is 14.5. The first-order valence-corrected chi connectivity index (χ1v) is 10.6. The zero-order chi connectivity index (χ0) is 22.4. The van der Waals surface area contributed by atoms with E-state index in [9.17, 15) is 4.79 Å². The molecule has 0 aliphatic rings. The van der Waals surface area contributed by atoms with E-state index in [4.69, 9.17) is 17.3 Å². The number of hydrazine groups is 1. The van der Waals surface area contributed by atoms with Crippen molar-refractivity contribution >= 4 is 11.9 Å². The number of nitrogens with two attached hydrogens (primary N) is 3. The fraction of sp³-hybridized carbons (Fsp3) is 0.455. The van der Waals surface area contributed by atoms with Crippen molar-refractivity contribution in [2.45, 2.75) is 52.9 Å². The van der Waals surface area contributed by atoms with E-state index in [1.807, 2.05) is 45.0 Å². The molecule has 2 aromatic rings. The van der Waals surface area contributed by atoms with Crippen molar-refractivity contribution in [3.63, 3.8) is 0 Å². The number of benzene rings is 1. The molecule has 30 heavy (non-hydrogen) atoms. The molecule has 1 aromatic heterocycles. The maximum atomic E-state index is 12.2. The van der Waals surface area contributed by atoms with Crippen molar-refractivity contribution in [3.8, 4) is 0 Å². The molecular weight excluding hydrogens is 378 g/mol. The largest absolute Gasteiger partial charge is 0.401 e. The Balaban J connectivity index is 0.00000218. The Morgan fingerprint density at radius 1 is 1.23 bits per heavy atom. The van der Waals surface area contributed by atoms with Crippen LogP contribution in [-0.4, -0.2) is 34.0 Å². The van der Waals surface area contributed by atoms with Gasteiger partial charge in [-0.15, -0.1) is 0 Å². The van der Waals surface area contributed by atoms with Gasteiger partial charge >= 0.3 is 0 Å². The van der Waals surface area contributed by atoms with Crippen LogP contribution >= 0.6 is 0 Å². The Morgan fingerprint density at radius 3 is 2.63 bits per heavy atom. The third-order valence-corrected chi connectivity index (χ3v) is 4.44. The molecule has 0 saturated carbocycles. The molecule has 1 aromatic carbocycles. The summed E-state index contributed by atoms with van der Waals surface area (Å²) in [6.45, 7) is 6.85. The van der Waals surface area contributed by atoms with Gasteiger partial charge in [-0.05, 0) is 44.2 Å². The number of hydrogen-bond acceptors (Lipinski definition) is 6. The Hall–Kier alpha value is -3.00. The van der Waals surface area contributed by atoms with Crippen LogP contribution in [0.25, 0.3) is 0 Å². The monoisotopic (exact) mass is 415 g/mol. The molecule has 166 valence electrons. The number of H-pyrrole nitrogens is 1. The highest BCUT2D eigenvalue weighted by atomic mass is 16.1. The summed E-state index contributed by atoms with van der Waals surface area (Å²) < 4.78 is 0. The van der Waals surface area contributed by atoms with Crippen LogP contribution in [0.15, 0.2) is 42.4 Å². The molecule has 8 N–H and O–H groups in total. The minimum Gasteiger partial charge on any atom is -0.401 e. The maximum absolute atomic E-state index is 12.2. The Bertz CT molecular complexity index is 785. The summed E-state index contributed by atoms with van der Waals surface area (Å²) in [6.07, 6.45) is 8.32. The predicted octanol–water partition coefficient (Wildman–Crippen LogP) is 2.84. The van der Waals surface area contributed by atoms with Crippen LogP contribution in [0.1, 0.15) is 61.1 Å².